The zero-order valence-corrected chi connectivity index (χ0v) is 13.3. The highest BCUT2D eigenvalue weighted by Crippen LogP contribution is 2.29. The molecule has 2 heterocycles. The van der Waals surface area contributed by atoms with Crippen LogP contribution >= 0.6 is 0 Å². The zero-order chi connectivity index (χ0) is 14.7. The van der Waals surface area contributed by atoms with Crippen LogP contribution in [0.4, 0.5) is 0 Å². The Hall–Kier alpha value is -1.10. The third kappa shape index (κ3) is 3.96. The van der Waals surface area contributed by atoms with Crippen molar-refractivity contribution in [2.24, 2.45) is 0 Å². The first-order chi connectivity index (χ1) is 10.2. The lowest BCUT2D eigenvalue weighted by Crippen LogP contribution is -2.46. The van der Waals surface area contributed by atoms with Crippen LogP contribution in [0.25, 0.3) is 0 Å². The van der Waals surface area contributed by atoms with Gasteiger partial charge in [-0.25, -0.2) is 0 Å². The summed E-state index contributed by atoms with van der Waals surface area (Å²) in [6.45, 7) is 10.1. The van der Waals surface area contributed by atoms with Crippen molar-refractivity contribution in [3.8, 4) is 5.75 Å². The maximum Gasteiger partial charge on any atom is 0.123 e. The molecular weight excluding hydrogens is 262 g/mol. The Morgan fingerprint density at radius 1 is 1.33 bits per heavy atom. The molecule has 1 atom stereocenters. The number of hydrogen-bond acceptors (Lipinski definition) is 4. The molecule has 0 spiro atoms. The number of fused-ring (bicyclic) bond motifs is 1. The summed E-state index contributed by atoms with van der Waals surface area (Å²) in [7, 11) is 2.21. The van der Waals surface area contributed by atoms with Crippen LogP contribution in [-0.4, -0.2) is 68.8 Å². The molecular formula is C17H27N3O. The van der Waals surface area contributed by atoms with Gasteiger partial charge in [-0.15, -0.1) is 0 Å². The smallest absolute Gasteiger partial charge is 0.123 e. The quantitative estimate of drug-likeness (QED) is 0.879. The van der Waals surface area contributed by atoms with Gasteiger partial charge in [0.25, 0.3) is 0 Å². The van der Waals surface area contributed by atoms with Gasteiger partial charge >= 0.3 is 0 Å². The number of nitrogens with one attached hydrogen (secondary N) is 1. The maximum atomic E-state index is 6.06. The van der Waals surface area contributed by atoms with Gasteiger partial charge in [-0.05, 0) is 25.6 Å². The Labute approximate surface area is 128 Å². The van der Waals surface area contributed by atoms with E-state index in [1.165, 1.54) is 24.2 Å². The second-order valence-corrected chi connectivity index (χ2v) is 6.41. The molecule has 21 heavy (non-hydrogen) atoms. The van der Waals surface area contributed by atoms with Gasteiger partial charge in [0.2, 0.25) is 0 Å². The van der Waals surface area contributed by atoms with Crippen LogP contribution in [0.2, 0.25) is 0 Å². The largest absolute Gasteiger partial charge is 0.488 e. The van der Waals surface area contributed by atoms with E-state index in [-0.39, 0.29) is 0 Å². The first kappa shape index (κ1) is 14.8. The predicted molar refractivity (Wildman–Crippen MR) is 86.1 cm³/mol. The molecule has 1 N–H and O–H groups in total. The summed E-state index contributed by atoms with van der Waals surface area (Å²) in [6.07, 6.45) is 1.37. The van der Waals surface area contributed by atoms with Gasteiger partial charge in [0, 0.05) is 52.2 Å². The monoisotopic (exact) mass is 289 g/mol. The molecule has 3 rings (SSSR count). The Kier molecular flexibility index (Phi) is 4.78. The Morgan fingerprint density at radius 2 is 2.14 bits per heavy atom. The molecule has 1 saturated heterocycles. The van der Waals surface area contributed by atoms with Gasteiger partial charge in [-0.1, -0.05) is 17.7 Å². The van der Waals surface area contributed by atoms with Crippen LogP contribution in [0, 0.1) is 6.92 Å². The molecule has 0 saturated carbocycles. The van der Waals surface area contributed by atoms with Crippen molar-refractivity contribution < 1.29 is 4.74 Å². The van der Waals surface area contributed by atoms with Crippen molar-refractivity contribution in [1.29, 1.82) is 0 Å². The van der Waals surface area contributed by atoms with Crippen LogP contribution < -0.4 is 10.1 Å². The molecule has 2 aliphatic rings. The fourth-order valence-electron chi connectivity index (χ4n) is 3.24. The van der Waals surface area contributed by atoms with Gasteiger partial charge in [-0.2, -0.15) is 0 Å². The number of piperazine rings is 1. The highest BCUT2D eigenvalue weighted by molar-refractivity contribution is 5.40. The van der Waals surface area contributed by atoms with E-state index in [2.05, 4.69) is 47.3 Å². The lowest BCUT2D eigenvalue weighted by atomic mass is 10.1. The third-order valence-corrected chi connectivity index (χ3v) is 4.48. The normalized spacial score (nSPS) is 22.3. The predicted octanol–water partition coefficient (Wildman–Crippen LogP) is 1.14. The Morgan fingerprint density at radius 3 is 2.95 bits per heavy atom. The molecule has 4 heteroatoms. The first-order valence-electron chi connectivity index (χ1n) is 8.08. The van der Waals surface area contributed by atoms with Gasteiger partial charge in [-0.3, -0.25) is 4.90 Å². The third-order valence-electron chi connectivity index (χ3n) is 4.48. The number of benzene rings is 1. The van der Waals surface area contributed by atoms with Crippen LogP contribution in [0.15, 0.2) is 18.2 Å². The van der Waals surface area contributed by atoms with E-state index in [0.29, 0.717) is 6.10 Å². The molecule has 0 aromatic heterocycles. The lowest BCUT2D eigenvalue weighted by molar-refractivity contribution is 0.149. The van der Waals surface area contributed by atoms with E-state index < -0.39 is 0 Å². The number of hydrogen-bond donors (Lipinski definition) is 1. The van der Waals surface area contributed by atoms with Crippen LogP contribution in [0.1, 0.15) is 11.1 Å². The second kappa shape index (κ2) is 6.77. The van der Waals surface area contributed by atoms with Gasteiger partial charge < -0.3 is 15.0 Å². The molecule has 0 aliphatic carbocycles. The SMILES string of the molecule is Cc1ccc2c(c1)CC(CN(C)CCN1CCNCC1)O2. The van der Waals surface area contributed by atoms with E-state index in [1.54, 1.807) is 0 Å². The fourth-order valence-corrected chi connectivity index (χ4v) is 3.24. The lowest BCUT2D eigenvalue weighted by Gasteiger charge is -2.29. The highest BCUT2D eigenvalue weighted by atomic mass is 16.5. The molecule has 1 aromatic carbocycles. The van der Waals surface area contributed by atoms with Crippen LogP contribution in [0.5, 0.6) is 5.75 Å². The summed E-state index contributed by atoms with van der Waals surface area (Å²) in [5.41, 5.74) is 2.69. The first-order valence-corrected chi connectivity index (χ1v) is 8.08. The van der Waals surface area contributed by atoms with Gasteiger partial charge in [0.1, 0.15) is 11.9 Å². The van der Waals surface area contributed by atoms with E-state index in [9.17, 15) is 0 Å². The minimum absolute atomic E-state index is 0.315. The van der Waals surface area contributed by atoms with Crippen LogP contribution in [0.3, 0.4) is 0 Å². The highest BCUT2D eigenvalue weighted by Gasteiger charge is 2.24. The number of rotatable bonds is 5. The minimum Gasteiger partial charge on any atom is -0.488 e. The minimum atomic E-state index is 0.315. The fraction of sp³-hybridized carbons (Fsp3) is 0.647. The summed E-state index contributed by atoms with van der Waals surface area (Å²) in [5, 5.41) is 3.40. The number of likely N-dealkylation sites (N-methyl/N-ethyl adjacent to an activating group) is 1. The molecule has 0 bridgehead atoms. The standard InChI is InChI=1S/C17H27N3O/c1-14-3-4-17-15(11-14)12-16(21-17)13-19(2)9-10-20-7-5-18-6-8-20/h3-4,11,16,18H,5-10,12-13H2,1-2H3. The number of ether oxygens (including phenoxy) is 1. The van der Waals surface area contributed by atoms with Crippen molar-refractivity contribution in [2.45, 2.75) is 19.4 Å². The number of nitrogens with zero attached hydrogens (tertiary/aromatic N) is 2. The van der Waals surface area contributed by atoms with E-state index in [0.717, 1.165) is 44.9 Å². The van der Waals surface area contributed by atoms with E-state index in [4.69, 9.17) is 4.74 Å². The molecule has 1 unspecified atom stereocenters. The van der Waals surface area contributed by atoms with Gasteiger partial charge in [0.15, 0.2) is 0 Å². The Bertz CT molecular complexity index is 471. The maximum absolute atomic E-state index is 6.06. The second-order valence-electron chi connectivity index (χ2n) is 6.41. The molecule has 0 radical (unpaired) electrons. The van der Waals surface area contributed by atoms with Crippen molar-refractivity contribution in [1.82, 2.24) is 15.1 Å². The summed E-state index contributed by atoms with van der Waals surface area (Å²) in [4.78, 5) is 4.95. The van der Waals surface area contributed by atoms with Crippen LogP contribution in [-0.2, 0) is 6.42 Å². The van der Waals surface area contributed by atoms with E-state index in [1.807, 2.05) is 0 Å². The van der Waals surface area contributed by atoms with E-state index >= 15 is 0 Å². The summed E-state index contributed by atoms with van der Waals surface area (Å²) >= 11 is 0. The molecule has 2 aliphatic heterocycles. The summed E-state index contributed by atoms with van der Waals surface area (Å²) in [5.74, 6) is 1.08. The number of aryl methyl sites for hydroxylation is 1. The van der Waals surface area contributed by atoms with Crippen molar-refractivity contribution >= 4 is 0 Å². The van der Waals surface area contributed by atoms with Crippen molar-refractivity contribution in [2.75, 3.05) is 52.9 Å². The van der Waals surface area contributed by atoms with Crippen molar-refractivity contribution in [3.63, 3.8) is 0 Å². The summed E-state index contributed by atoms with van der Waals surface area (Å²) in [6, 6.07) is 6.51. The summed E-state index contributed by atoms with van der Waals surface area (Å²) < 4.78 is 6.06. The average molecular weight is 289 g/mol. The molecule has 1 aromatic rings. The molecule has 1 fully saturated rings. The van der Waals surface area contributed by atoms with Crippen molar-refractivity contribution in [3.05, 3.63) is 29.3 Å². The average Bonchev–Trinajstić information content (AvgIpc) is 2.87. The van der Waals surface area contributed by atoms with Gasteiger partial charge in [0.05, 0.1) is 0 Å². The topological polar surface area (TPSA) is 27.7 Å². The zero-order valence-electron chi connectivity index (χ0n) is 13.3. The molecule has 0 amide bonds. The Balaban J connectivity index is 1.42. The molecule has 116 valence electrons. The molecule has 4 nitrogen and oxygen atoms in total.